The molecule has 1 atom stereocenters. The molecule has 2 N–H and O–H groups in total. The van der Waals surface area contributed by atoms with Crippen LogP contribution in [0.3, 0.4) is 0 Å². The van der Waals surface area contributed by atoms with E-state index >= 15 is 0 Å². The van der Waals surface area contributed by atoms with Crippen molar-refractivity contribution in [3.8, 4) is 0 Å². The van der Waals surface area contributed by atoms with Crippen molar-refractivity contribution in [2.24, 2.45) is 0 Å². The number of aromatic amines is 1. The van der Waals surface area contributed by atoms with Gasteiger partial charge in [-0.05, 0) is 22.4 Å². The lowest BCUT2D eigenvalue weighted by Gasteiger charge is -2.16. The molecule has 0 saturated heterocycles. The molecular weight excluding hydrogens is 331 g/mol. The molecule has 1 aromatic carbocycles. The molecular formula is C12H12BrFN4O2. The number of nitro benzene ring substituents is 1. The minimum Gasteiger partial charge on any atom is -0.370 e. The maximum Gasteiger partial charge on any atom is 0.293 e. The van der Waals surface area contributed by atoms with E-state index in [9.17, 15) is 14.5 Å². The van der Waals surface area contributed by atoms with Crippen LogP contribution in [0.25, 0.3) is 0 Å². The Balaban J connectivity index is 2.37. The van der Waals surface area contributed by atoms with E-state index in [0.717, 1.165) is 12.1 Å². The normalized spacial score (nSPS) is 12.2. The molecule has 0 amide bonds. The Morgan fingerprint density at radius 1 is 1.60 bits per heavy atom. The quantitative estimate of drug-likeness (QED) is 0.639. The van der Waals surface area contributed by atoms with Crippen LogP contribution in [0.15, 0.2) is 29.0 Å². The second kappa shape index (κ2) is 6.00. The molecule has 0 fully saturated rings. The predicted molar refractivity (Wildman–Crippen MR) is 76.0 cm³/mol. The Kier molecular flexibility index (Phi) is 4.33. The number of nitro groups is 1. The number of H-pyrrole nitrogens is 1. The van der Waals surface area contributed by atoms with E-state index in [1.54, 1.807) is 12.4 Å². The number of rotatable bonds is 5. The highest BCUT2D eigenvalue weighted by atomic mass is 79.9. The minimum atomic E-state index is -0.563. The van der Waals surface area contributed by atoms with Crippen molar-refractivity contribution in [2.45, 2.75) is 19.4 Å². The summed E-state index contributed by atoms with van der Waals surface area (Å²) >= 11 is 2.94. The SMILES string of the molecule is CCC(Nc1cc(F)c(Br)cc1[N+](=O)[O-])c1ncc[nH]1. The first-order valence-corrected chi connectivity index (χ1v) is 6.71. The average Bonchev–Trinajstić information content (AvgIpc) is 2.93. The van der Waals surface area contributed by atoms with Gasteiger partial charge in [0.2, 0.25) is 0 Å². The highest BCUT2D eigenvalue weighted by Gasteiger charge is 2.21. The summed E-state index contributed by atoms with van der Waals surface area (Å²) in [7, 11) is 0. The molecule has 0 aliphatic carbocycles. The monoisotopic (exact) mass is 342 g/mol. The van der Waals surface area contributed by atoms with E-state index in [0.29, 0.717) is 12.2 Å². The third-order valence-corrected chi connectivity index (χ3v) is 3.43. The highest BCUT2D eigenvalue weighted by Crippen LogP contribution is 2.33. The summed E-state index contributed by atoms with van der Waals surface area (Å²) in [5.41, 5.74) is -0.0674. The van der Waals surface area contributed by atoms with Gasteiger partial charge in [0, 0.05) is 24.5 Å². The van der Waals surface area contributed by atoms with Gasteiger partial charge in [-0.3, -0.25) is 10.1 Å². The van der Waals surface area contributed by atoms with Crippen LogP contribution in [0.2, 0.25) is 0 Å². The molecule has 0 radical (unpaired) electrons. The Morgan fingerprint density at radius 2 is 2.35 bits per heavy atom. The van der Waals surface area contributed by atoms with Gasteiger partial charge in [-0.1, -0.05) is 6.92 Å². The van der Waals surface area contributed by atoms with Crippen LogP contribution >= 0.6 is 15.9 Å². The largest absolute Gasteiger partial charge is 0.370 e. The van der Waals surface area contributed by atoms with Gasteiger partial charge in [-0.15, -0.1) is 0 Å². The first-order valence-electron chi connectivity index (χ1n) is 5.92. The molecule has 6 nitrogen and oxygen atoms in total. The lowest BCUT2D eigenvalue weighted by Crippen LogP contribution is -2.13. The Bertz CT molecular complexity index is 618. The zero-order valence-electron chi connectivity index (χ0n) is 10.6. The van der Waals surface area contributed by atoms with Crippen LogP contribution in [-0.2, 0) is 0 Å². The van der Waals surface area contributed by atoms with Gasteiger partial charge in [0.25, 0.3) is 5.69 Å². The fourth-order valence-electron chi connectivity index (χ4n) is 1.82. The molecule has 0 bridgehead atoms. The molecule has 8 heteroatoms. The van der Waals surface area contributed by atoms with E-state index in [2.05, 4.69) is 31.2 Å². The lowest BCUT2D eigenvalue weighted by atomic mass is 10.2. The Labute approximate surface area is 122 Å². The number of imidazole rings is 1. The topological polar surface area (TPSA) is 83.8 Å². The van der Waals surface area contributed by atoms with Crippen molar-refractivity contribution in [3.63, 3.8) is 0 Å². The second-order valence-electron chi connectivity index (χ2n) is 4.12. The van der Waals surface area contributed by atoms with Crippen LogP contribution < -0.4 is 5.32 Å². The van der Waals surface area contributed by atoms with Crippen molar-refractivity contribution in [1.82, 2.24) is 9.97 Å². The van der Waals surface area contributed by atoms with Crippen molar-refractivity contribution >= 4 is 27.3 Å². The fraction of sp³-hybridized carbons (Fsp3) is 0.250. The molecule has 1 unspecified atom stereocenters. The summed E-state index contributed by atoms with van der Waals surface area (Å²) in [4.78, 5) is 17.5. The van der Waals surface area contributed by atoms with E-state index < -0.39 is 10.7 Å². The summed E-state index contributed by atoms with van der Waals surface area (Å²) in [5.74, 6) is 0.0810. The van der Waals surface area contributed by atoms with Crippen molar-refractivity contribution in [2.75, 3.05) is 5.32 Å². The lowest BCUT2D eigenvalue weighted by molar-refractivity contribution is -0.384. The molecule has 0 saturated carbocycles. The summed E-state index contributed by atoms with van der Waals surface area (Å²) in [6.45, 7) is 1.90. The smallest absolute Gasteiger partial charge is 0.293 e. The fourth-order valence-corrected chi connectivity index (χ4v) is 2.15. The van der Waals surface area contributed by atoms with Crippen molar-refractivity contribution in [1.29, 1.82) is 0 Å². The Morgan fingerprint density at radius 3 is 2.90 bits per heavy atom. The first-order chi connectivity index (χ1) is 9.52. The van der Waals surface area contributed by atoms with Crippen LogP contribution in [0.1, 0.15) is 25.2 Å². The predicted octanol–water partition coefficient (Wildman–Crippen LogP) is 3.78. The number of hydrogen-bond acceptors (Lipinski definition) is 4. The van der Waals surface area contributed by atoms with Gasteiger partial charge in [0.15, 0.2) is 0 Å². The van der Waals surface area contributed by atoms with E-state index in [-0.39, 0.29) is 21.9 Å². The van der Waals surface area contributed by atoms with Gasteiger partial charge in [-0.2, -0.15) is 0 Å². The number of nitrogens with one attached hydrogen (secondary N) is 2. The average molecular weight is 343 g/mol. The van der Waals surface area contributed by atoms with Gasteiger partial charge < -0.3 is 10.3 Å². The number of nitrogens with zero attached hydrogens (tertiary/aromatic N) is 2. The summed E-state index contributed by atoms with van der Waals surface area (Å²) < 4.78 is 13.6. The molecule has 2 rings (SSSR count). The highest BCUT2D eigenvalue weighted by molar-refractivity contribution is 9.10. The number of hydrogen-bond donors (Lipinski definition) is 2. The van der Waals surface area contributed by atoms with E-state index in [1.165, 1.54) is 0 Å². The molecule has 0 aliphatic heterocycles. The molecule has 1 heterocycles. The zero-order valence-corrected chi connectivity index (χ0v) is 12.1. The van der Waals surface area contributed by atoms with E-state index in [1.807, 2.05) is 6.92 Å². The van der Waals surface area contributed by atoms with Gasteiger partial charge >= 0.3 is 0 Å². The van der Waals surface area contributed by atoms with Crippen LogP contribution in [-0.4, -0.2) is 14.9 Å². The minimum absolute atomic E-state index is 0.0563. The second-order valence-corrected chi connectivity index (χ2v) is 4.97. The first kappa shape index (κ1) is 14.4. The van der Waals surface area contributed by atoms with E-state index in [4.69, 9.17) is 0 Å². The number of benzene rings is 1. The standard InChI is InChI=1S/C12H12BrFN4O2/c1-2-9(12-15-3-4-16-12)17-10-6-8(14)7(13)5-11(10)18(19)20/h3-6,9,17H,2H2,1H3,(H,15,16). The number of halogens is 2. The van der Waals surface area contributed by atoms with Gasteiger partial charge in [0.05, 0.1) is 15.4 Å². The third-order valence-electron chi connectivity index (χ3n) is 2.82. The van der Waals surface area contributed by atoms with Gasteiger partial charge in [0.1, 0.15) is 17.3 Å². The number of anilines is 1. The van der Waals surface area contributed by atoms with Crippen LogP contribution in [0.5, 0.6) is 0 Å². The molecule has 0 spiro atoms. The van der Waals surface area contributed by atoms with Crippen LogP contribution in [0.4, 0.5) is 15.8 Å². The maximum absolute atomic E-state index is 13.6. The van der Waals surface area contributed by atoms with Crippen molar-refractivity contribution < 1.29 is 9.31 Å². The van der Waals surface area contributed by atoms with Crippen molar-refractivity contribution in [3.05, 3.63) is 50.8 Å². The molecule has 106 valence electrons. The Hall–Kier alpha value is -1.96. The zero-order chi connectivity index (χ0) is 14.7. The van der Waals surface area contributed by atoms with Gasteiger partial charge in [-0.25, -0.2) is 9.37 Å². The molecule has 1 aromatic heterocycles. The third kappa shape index (κ3) is 2.96. The molecule has 20 heavy (non-hydrogen) atoms. The van der Waals surface area contributed by atoms with Crippen LogP contribution in [0, 0.1) is 15.9 Å². The summed E-state index contributed by atoms with van der Waals surface area (Å²) in [6.07, 6.45) is 3.90. The summed E-state index contributed by atoms with van der Waals surface area (Å²) in [6, 6.07) is 1.99. The molecule has 2 aromatic rings. The number of aromatic nitrogens is 2. The maximum atomic E-state index is 13.6. The molecule has 0 aliphatic rings. The summed E-state index contributed by atoms with van der Waals surface area (Å²) in [5, 5.41) is 14.0.